The van der Waals surface area contributed by atoms with Crippen LogP contribution in [-0.4, -0.2) is 16.7 Å². The number of halogens is 2. The molecule has 2 rings (SSSR count). The minimum atomic E-state index is -0.936. The van der Waals surface area contributed by atoms with Crippen LogP contribution in [0.2, 0.25) is 0 Å². The van der Waals surface area contributed by atoms with E-state index >= 15 is 0 Å². The van der Waals surface area contributed by atoms with Gasteiger partial charge in [0.05, 0.1) is 6.04 Å². The Hall–Kier alpha value is -1.82. The molecule has 1 aromatic carbocycles. The smallest absolute Gasteiger partial charge is 0.247 e. The average Bonchev–Trinajstić information content (AvgIpc) is 2.89. The lowest BCUT2D eigenvalue weighted by molar-refractivity contribution is 0.423. The molecule has 0 aliphatic rings. The van der Waals surface area contributed by atoms with Crippen LogP contribution in [0.15, 0.2) is 22.6 Å². The highest BCUT2D eigenvalue weighted by atomic mass is 19.2. The quantitative estimate of drug-likeness (QED) is 0.904. The van der Waals surface area contributed by atoms with Crippen molar-refractivity contribution < 1.29 is 13.2 Å². The predicted octanol–water partition coefficient (Wildman–Crippen LogP) is 3.08. The number of hydrogen-bond acceptors (Lipinski definition) is 4. The molecule has 102 valence electrons. The van der Waals surface area contributed by atoms with Gasteiger partial charge in [0.1, 0.15) is 0 Å². The van der Waals surface area contributed by atoms with Gasteiger partial charge in [-0.2, -0.15) is 0 Å². The summed E-state index contributed by atoms with van der Waals surface area (Å²) in [5.41, 5.74) is 0.361. The molecule has 0 bridgehead atoms. The molecule has 0 amide bonds. The Bertz CT molecular complexity index is 557. The van der Waals surface area contributed by atoms with Crippen molar-refractivity contribution in [1.82, 2.24) is 15.5 Å². The van der Waals surface area contributed by atoms with E-state index in [4.69, 9.17) is 4.42 Å². The van der Waals surface area contributed by atoms with Gasteiger partial charge in [-0.15, -0.1) is 10.2 Å². The zero-order valence-electron chi connectivity index (χ0n) is 10.8. The van der Waals surface area contributed by atoms with Gasteiger partial charge in [-0.25, -0.2) is 8.78 Å². The Balaban J connectivity index is 2.18. The molecule has 0 spiro atoms. The number of aromatic nitrogens is 2. The number of rotatable bonds is 5. The van der Waals surface area contributed by atoms with Crippen molar-refractivity contribution in [3.05, 3.63) is 35.7 Å². The summed E-state index contributed by atoms with van der Waals surface area (Å²) in [6.45, 7) is 4.79. The van der Waals surface area contributed by atoms with Gasteiger partial charge in [0.15, 0.2) is 11.6 Å². The number of benzene rings is 1. The van der Waals surface area contributed by atoms with Crippen LogP contribution >= 0.6 is 0 Å². The van der Waals surface area contributed by atoms with Crippen LogP contribution in [0.4, 0.5) is 8.78 Å². The topological polar surface area (TPSA) is 51.0 Å². The van der Waals surface area contributed by atoms with Crippen LogP contribution in [-0.2, 0) is 0 Å². The van der Waals surface area contributed by atoms with E-state index in [1.54, 1.807) is 0 Å². The summed E-state index contributed by atoms with van der Waals surface area (Å²) in [6, 6.07) is 3.40. The molecular formula is C13H15F2N3O. The molecule has 2 aromatic rings. The second-order valence-corrected chi connectivity index (χ2v) is 4.25. The number of hydrogen-bond donors (Lipinski definition) is 1. The molecule has 0 aliphatic carbocycles. The van der Waals surface area contributed by atoms with Crippen LogP contribution in [0.5, 0.6) is 0 Å². The fourth-order valence-corrected chi connectivity index (χ4v) is 1.60. The summed E-state index contributed by atoms with van der Waals surface area (Å²) in [5.74, 6) is -1.23. The van der Waals surface area contributed by atoms with E-state index in [1.807, 2.05) is 6.92 Å². The molecule has 1 aromatic heterocycles. The molecule has 0 saturated carbocycles. The van der Waals surface area contributed by atoms with Crippen molar-refractivity contribution in [3.8, 4) is 11.5 Å². The summed E-state index contributed by atoms with van der Waals surface area (Å²) < 4.78 is 31.4. The van der Waals surface area contributed by atoms with Crippen LogP contribution in [0.1, 0.15) is 32.2 Å². The zero-order valence-corrected chi connectivity index (χ0v) is 10.8. The van der Waals surface area contributed by atoms with Crippen LogP contribution in [0.3, 0.4) is 0 Å². The highest BCUT2D eigenvalue weighted by Gasteiger charge is 2.15. The second-order valence-electron chi connectivity index (χ2n) is 4.25. The van der Waals surface area contributed by atoms with Gasteiger partial charge in [-0.3, -0.25) is 0 Å². The molecule has 19 heavy (non-hydrogen) atoms. The van der Waals surface area contributed by atoms with Crippen molar-refractivity contribution in [2.24, 2.45) is 0 Å². The third-order valence-corrected chi connectivity index (χ3v) is 2.68. The minimum absolute atomic E-state index is 0.0773. The lowest BCUT2D eigenvalue weighted by Gasteiger charge is -2.07. The van der Waals surface area contributed by atoms with Gasteiger partial charge in [-0.1, -0.05) is 6.92 Å². The highest BCUT2D eigenvalue weighted by molar-refractivity contribution is 5.52. The number of nitrogens with zero attached hydrogens (tertiary/aromatic N) is 2. The van der Waals surface area contributed by atoms with E-state index in [9.17, 15) is 8.78 Å². The van der Waals surface area contributed by atoms with Gasteiger partial charge in [-0.05, 0) is 38.1 Å². The maximum absolute atomic E-state index is 13.1. The Morgan fingerprint density at radius 1 is 1.26 bits per heavy atom. The predicted molar refractivity (Wildman–Crippen MR) is 66.4 cm³/mol. The molecule has 0 radical (unpaired) electrons. The molecule has 1 heterocycles. The molecule has 0 saturated heterocycles. The zero-order chi connectivity index (χ0) is 13.8. The fourth-order valence-electron chi connectivity index (χ4n) is 1.60. The minimum Gasteiger partial charge on any atom is -0.419 e. The van der Waals surface area contributed by atoms with E-state index in [1.165, 1.54) is 6.07 Å². The second kappa shape index (κ2) is 5.88. The van der Waals surface area contributed by atoms with Crippen molar-refractivity contribution >= 4 is 0 Å². The van der Waals surface area contributed by atoms with Gasteiger partial charge in [0.25, 0.3) is 0 Å². The van der Waals surface area contributed by atoms with Crippen LogP contribution in [0, 0.1) is 11.6 Å². The van der Waals surface area contributed by atoms with Crippen molar-refractivity contribution in [2.75, 3.05) is 6.54 Å². The monoisotopic (exact) mass is 267 g/mol. The van der Waals surface area contributed by atoms with E-state index in [0.717, 1.165) is 25.1 Å². The molecular weight excluding hydrogens is 252 g/mol. The summed E-state index contributed by atoms with van der Waals surface area (Å²) in [7, 11) is 0. The Kier molecular flexibility index (Phi) is 4.21. The van der Waals surface area contributed by atoms with Gasteiger partial charge >= 0.3 is 0 Å². The molecule has 1 N–H and O–H groups in total. The lowest BCUT2D eigenvalue weighted by atomic mass is 10.2. The Morgan fingerprint density at radius 3 is 2.74 bits per heavy atom. The normalized spacial score (nSPS) is 12.6. The summed E-state index contributed by atoms with van der Waals surface area (Å²) in [5, 5.41) is 10.9. The first-order valence-corrected chi connectivity index (χ1v) is 6.14. The average molecular weight is 267 g/mol. The maximum Gasteiger partial charge on any atom is 0.247 e. The van der Waals surface area contributed by atoms with E-state index in [2.05, 4.69) is 22.4 Å². The van der Waals surface area contributed by atoms with Crippen molar-refractivity contribution in [3.63, 3.8) is 0 Å². The first-order valence-electron chi connectivity index (χ1n) is 6.14. The summed E-state index contributed by atoms with van der Waals surface area (Å²) in [4.78, 5) is 0. The number of nitrogens with one attached hydrogen (secondary N) is 1. The molecule has 0 aliphatic heterocycles. The van der Waals surface area contributed by atoms with Crippen molar-refractivity contribution in [2.45, 2.75) is 26.3 Å². The summed E-state index contributed by atoms with van der Waals surface area (Å²) in [6.07, 6.45) is 0.995. The lowest BCUT2D eigenvalue weighted by Crippen LogP contribution is -2.19. The fraction of sp³-hybridized carbons (Fsp3) is 0.385. The van der Waals surface area contributed by atoms with E-state index in [-0.39, 0.29) is 11.9 Å². The maximum atomic E-state index is 13.1. The first kappa shape index (κ1) is 13.6. The Morgan fingerprint density at radius 2 is 2.05 bits per heavy atom. The molecule has 0 fully saturated rings. The third kappa shape index (κ3) is 3.14. The first-order chi connectivity index (χ1) is 9.11. The molecule has 1 unspecified atom stereocenters. The summed E-state index contributed by atoms with van der Waals surface area (Å²) >= 11 is 0. The Labute approximate surface area is 109 Å². The van der Waals surface area contributed by atoms with E-state index < -0.39 is 11.6 Å². The van der Waals surface area contributed by atoms with Gasteiger partial charge in [0, 0.05) is 5.56 Å². The standard InChI is InChI=1S/C13H15F2N3O/c1-3-6-16-8(2)12-17-18-13(19-12)9-4-5-10(14)11(15)7-9/h4-5,7-8,16H,3,6H2,1-2H3. The van der Waals surface area contributed by atoms with Gasteiger partial charge < -0.3 is 9.73 Å². The molecule has 6 heteroatoms. The SMILES string of the molecule is CCCNC(C)c1nnc(-c2ccc(F)c(F)c2)o1. The molecule has 4 nitrogen and oxygen atoms in total. The largest absolute Gasteiger partial charge is 0.419 e. The van der Waals surface area contributed by atoms with Crippen molar-refractivity contribution in [1.29, 1.82) is 0 Å². The third-order valence-electron chi connectivity index (χ3n) is 2.68. The van der Waals surface area contributed by atoms with Crippen LogP contribution in [0.25, 0.3) is 11.5 Å². The molecule has 1 atom stereocenters. The van der Waals surface area contributed by atoms with E-state index in [0.29, 0.717) is 11.5 Å². The van der Waals surface area contributed by atoms with Crippen LogP contribution < -0.4 is 5.32 Å². The highest BCUT2D eigenvalue weighted by Crippen LogP contribution is 2.22. The van der Waals surface area contributed by atoms with Gasteiger partial charge in [0.2, 0.25) is 11.8 Å².